The Morgan fingerprint density at radius 1 is 1.56 bits per heavy atom. The van der Waals surface area contributed by atoms with E-state index < -0.39 is 17.6 Å². The summed E-state index contributed by atoms with van der Waals surface area (Å²) in [5.41, 5.74) is 0.335. The molecule has 1 aliphatic rings. The number of carbonyl (C=O) groups excluding carboxylic acids is 1. The van der Waals surface area contributed by atoms with E-state index in [9.17, 15) is 14.7 Å². The Morgan fingerprint density at radius 3 is 2.68 bits per heavy atom. The maximum absolute atomic E-state index is 12.4. The monoisotopic (exact) mass is 345 g/mol. The first-order valence-electron chi connectivity index (χ1n) is 8.08. The second kappa shape index (κ2) is 6.63. The number of hydrogen-bond donors (Lipinski definition) is 1. The van der Waals surface area contributed by atoms with Crippen molar-refractivity contribution in [3.8, 4) is 11.9 Å². The van der Waals surface area contributed by atoms with Gasteiger partial charge in [-0.25, -0.2) is 9.36 Å². The molecule has 1 N–H and O–H groups in total. The van der Waals surface area contributed by atoms with Crippen molar-refractivity contribution in [1.82, 2.24) is 9.13 Å². The first-order chi connectivity index (χ1) is 11.6. The minimum atomic E-state index is -0.458. The summed E-state index contributed by atoms with van der Waals surface area (Å²) < 4.78 is 7.55. The van der Waals surface area contributed by atoms with Gasteiger partial charge in [0.15, 0.2) is 6.73 Å². The molecule has 2 rings (SSSR count). The van der Waals surface area contributed by atoms with Gasteiger partial charge in [0.25, 0.3) is 0 Å². The molecule has 0 saturated heterocycles. The van der Waals surface area contributed by atoms with Crippen LogP contribution in [0.2, 0.25) is 0 Å². The van der Waals surface area contributed by atoms with Gasteiger partial charge in [0.1, 0.15) is 0 Å². The molecular weight excluding hydrogens is 322 g/mol. The molecule has 1 aromatic heterocycles. The second-order valence-electron chi connectivity index (χ2n) is 6.87. The van der Waals surface area contributed by atoms with Crippen LogP contribution in [0.4, 0.5) is 0 Å². The highest BCUT2D eigenvalue weighted by atomic mass is 16.5. The van der Waals surface area contributed by atoms with Crippen molar-refractivity contribution in [3.63, 3.8) is 0 Å². The van der Waals surface area contributed by atoms with Crippen molar-refractivity contribution in [2.24, 2.45) is 17.3 Å². The SMILES string of the molecule is C=C(C)C(C#N)=CC1C(C(=O)OCn2c(O)cn(CC)c2=O)C1(C)C. The van der Waals surface area contributed by atoms with Gasteiger partial charge in [-0.15, -0.1) is 0 Å². The summed E-state index contributed by atoms with van der Waals surface area (Å²) >= 11 is 0. The Bertz CT molecular complexity index is 835. The molecule has 7 heteroatoms. The highest BCUT2D eigenvalue weighted by Gasteiger charge is 2.61. The van der Waals surface area contributed by atoms with E-state index in [2.05, 4.69) is 12.6 Å². The van der Waals surface area contributed by atoms with Gasteiger partial charge in [-0.05, 0) is 30.8 Å². The number of ether oxygens (including phenoxy) is 1. The van der Waals surface area contributed by atoms with Gasteiger partial charge in [-0.3, -0.25) is 9.36 Å². The van der Waals surface area contributed by atoms with Gasteiger partial charge >= 0.3 is 11.7 Å². The average Bonchev–Trinajstić information content (AvgIpc) is 2.97. The van der Waals surface area contributed by atoms with Gasteiger partial charge in [0.05, 0.1) is 23.8 Å². The van der Waals surface area contributed by atoms with E-state index in [1.807, 2.05) is 13.8 Å². The maximum Gasteiger partial charge on any atom is 0.333 e. The first-order valence-corrected chi connectivity index (χ1v) is 8.08. The van der Waals surface area contributed by atoms with E-state index in [4.69, 9.17) is 10.00 Å². The van der Waals surface area contributed by atoms with Gasteiger partial charge in [0, 0.05) is 6.54 Å². The Kier molecular flexibility index (Phi) is 4.93. The van der Waals surface area contributed by atoms with Crippen LogP contribution in [0.25, 0.3) is 0 Å². The maximum atomic E-state index is 12.4. The van der Waals surface area contributed by atoms with Gasteiger partial charge in [-0.2, -0.15) is 5.26 Å². The fraction of sp³-hybridized carbons (Fsp3) is 0.500. The molecule has 2 unspecified atom stereocenters. The van der Waals surface area contributed by atoms with Crippen LogP contribution in [-0.4, -0.2) is 20.2 Å². The third-order valence-corrected chi connectivity index (χ3v) is 4.79. The van der Waals surface area contributed by atoms with Crippen molar-refractivity contribution < 1.29 is 14.6 Å². The number of rotatable bonds is 6. The van der Waals surface area contributed by atoms with E-state index in [0.29, 0.717) is 17.7 Å². The molecule has 25 heavy (non-hydrogen) atoms. The summed E-state index contributed by atoms with van der Waals surface area (Å²) in [6, 6.07) is 2.08. The Labute approximate surface area is 146 Å². The molecule has 1 aromatic rings. The van der Waals surface area contributed by atoms with Crippen LogP contribution >= 0.6 is 0 Å². The Balaban J connectivity index is 2.10. The van der Waals surface area contributed by atoms with Gasteiger partial charge in [0.2, 0.25) is 5.88 Å². The minimum Gasteiger partial charge on any atom is -0.493 e. The topological polar surface area (TPSA) is 97.2 Å². The van der Waals surface area contributed by atoms with Crippen molar-refractivity contribution >= 4 is 5.97 Å². The van der Waals surface area contributed by atoms with Crippen molar-refractivity contribution in [2.75, 3.05) is 0 Å². The fourth-order valence-electron chi connectivity index (χ4n) is 2.98. The van der Waals surface area contributed by atoms with E-state index >= 15 is 0 Å². The first kappa shape index (κ1) is 18.6. The van der Waals surface area contributed by atoms with Crippen LogP contribution in [0.15, 0.2) is 34.8 Å². The van der Waals surface area contributed by atoms with E-state index in [1.165, 1.54) is 10.8 Å². The molecule has 0 amide bonds. The van der Waals surface area contributed by atoms with Crippen LogP contribution in [0.1, 0.15) is 27.7 Å². The average molecular weight is 345 g/mol. The molecule has 0 radical (unpaired) electrons. The van der Waals surface area contributed by atoms with Crippen molar-refractivity contribution in [1.29, 1.82) is 5.26 Å². The molecular formula is C18H23N3O4. The number of hydrogen-bond acceptors (Lipinski definition) is 5. The minimum absolute atomic E-state index is 0.128. The number of esters is 1. The lowest BCUT2D eigenvalue weighted by Crippen LogP contribution is -2.26. The quantitative estimate of drug-likeness (QED) is 0.484. The molecule has 1 heterocycles. The van der Waals surface area contributed by atoms with Crippen LogP contribution < -0.4 is 5.69 Å². The molecule has 0 spiro atoms. The predicted octanol–water partition coefficient (Wildman–Crippen LogP) is 2.17. The zero-order valence-electron chi connectivity index (χ0n) is 14.9. The van der Waals surface area contributed by atoms with E-state index in [1.54, 1.807) is 19.9 Å². The number of aryl methyl sites for hydroxylation is 1. The number of aromatic nitrogens is 2. The molecule has 1 aliphatic carbocycles. The summed E-state index contributed by atoms with van der Waals surface area (Å²) in [6.07, 6.45) is 3.06. The summed E-state index contributed by atoms with van der Waals surface area (Å²) in [7, 11) is 0. The number of allylic oxidation sites excluding steroid dienone is 3. The summed E-state index contributed by atoms with van der Waals surface area (Å²) in [6.45, 7) is 11.2. The number of nitrogens with zero attached hydrogens (tertiary/aromatic N) is 3. The largest absolute Gasteiger partial charge is 0.493 e. The molecule has 1 fully saturated rings. The molecule has 0 bridgehead atoms. The van der Waals surface area contributed by atoms with Crippen LogP contribution in [0.3, 0.4) is 0 Å². The molecule has 134 valence electrons. The molecule has 1 saturated carbocycles. The highest BCUT2D eigenvalue weighted by molar-refractivity contribution is 5.78. The van der Waals surface area contributed by atoms with Crippen LogP contribution in [0.5, 0.6) is 5.88 Å². The number of nitriles is 1. The van der Waals surface area contributed by atoms with E-state index in [-0.39, 0.29) is 23.9 Å². The van der Waals surface area contributed by atoms with Gasteiger partial charge in [-0.1, -0.05) is 26.5 Å². The van der Waals surface area contributed by atoms with Gasteiger partial charge < -0.3 is 9.84 Å². The van der Waals surface area contributed by atoms with E-state index in [0.717, 1.165) is 4.57 Å². The zero-order valence-corrected chi connectivity index (χ0v) is 14.9. The number of imidazole rings is 1. The summed E-state index contributed by atoms with van der Waals surface area (Å²) in [4.78, 5) is 24.4. The normalized spacial score (nSPS) is 21.5. The standard InChI is InChI=1S/C18H23N3O4/c1-6-20-9-14(22)21(17(20)24)10-25-16(23)15-13(18(15,4)5)7-12(8-19)11(2)3/h7,9,13,15,22H,2,6,10H2,1,3-5H3. The molecule has 7 nitrogen and oxygen atoms in total. The highest BCUT2D eigenvalue weighted by Crippen LogP contribution is 2.60. The predicted molar refractivity (Wildman–Crippen MR) is 91.4 cm³/mol. The molecule has 2 atom stereocenters. The summed E-state index contributed by atoms with van der Waals surface area (Å²) in [5.74, 6) is -1.24. The third kappa shape index (κ3) is 3.38. The number of carbonyl (C=O) groups is 1. The Morgan fingerprint density at radius 2 is 2.20 bits per heavy atom. The van der Waals surface area contributed by atoms with Crippen LogP contribution in [-0.2, 0) is 22.8 Å². The third-order valence-electron chi connectivity index (χ3n) is 4.79. The van der Waals surface area contributed by atoms with Crippen molar-refractivity contribution in [3.05, 3.63) is 40.5 Å². The lowest BCUT2D eigenvalue weighted by Gasteiger charge is -2.06. The summed E-state index contributed by atoms with van der Waals surface area (Å²) in [5, 5.41) is 18.9. The lowest BCUT2D eigenvalue weighted by atomic mass is 10.0. The fourth-order valence-corrected chi connectivity index (χ4v) is 2.98. The zero-order chi connectivity index (χ0) is 18.9. The smallest absolute Gasteiger partial charge is 0.333 e. The second-order valence-corrected chi connectivity index (χ2v) is 6.87. The molecule has 0 aliphatic heterocycles. The van der Waals surface area contributed by atoms with Crippen LogP contribution in [0, 0.1) is 28.6 Å². The Hall–Kier alpha value is -2.75. The lowest BCUT2D eigenvalue weighted by molar-refractivity contribution is -0.150. The number of aromatic hydroxyl groups is 1. The molecule has 0 aromatic carbocycles. The van der Waals surface area contributed by atoms with Crippen molar-refractivity contribution in [2.45, 2.75) is 41.0 Å².